The number of unbranched alkanes of at least 4 members (excludes halogenated alkanes) is 15. The van der Waals surface area contributed by atoms with Gasteiger partial charge in [0.2, 0.25) is 0 Å². The molecule has 1 fully saturated rings. The molecule has 0 heterocycles. The molecule has 0 spiro atoms. The van der Waals surface area contributed by atoms with E-state index in [1.54, 1.807) is 0 Å². The summed E-state index contributed by atoms with van der Waals surface area (Å²) in [6, 6.07) is 0.803. The highest BCUT2D eigenvalue weighted by Gasteiger charge is 2.35. The maximum absolute atomic E-state index is 11.1. The molecule has 3 atom stereocenters. The monoisotopic (exact) mass is 493 g/mol. The first-order valence-electron chi connectivity index (χ1n) is 15.8. The predicted molar refractivity (Wildman–Crippen MR) is 153 cm³/mol. The van der Waals surface area contributed by atoms with Crippen LogP contribution in [0.2, 0.25) is 0 Å². The van der Waals surface area contributed by atoms with Crippen molar-refractivity contribution < 1.29 is 9.53 Å². The molecule has 0 radical (unpaired) electrons. The van der Waals surface area contributed by atoms with E-state index in [9.17, 15) is 4.79 Å². The van der Waals surface area contributed by atoms with Crippen LogP contribution in [0.1, 0.15) is 161 Å². The Kier molecular flexibility index (Phi) is 21.0. The third-order valence-electron chi connectivity index (χ3n) is 8.49. The SMILES string of the molecule is CCCCCCCCCC(CCCCCCCCCCC1CC1CCCCCC(=O)OC)N(C)C. The summed E-state index contributed by atoms with van der Waals surface area (Å²) >= 11 is 0. The summed E-state index contributed by atoms with van der Waals surface area (Å²) in [5.74, 6) is 1.98. The molecule has 0 N–H and O–H groups in total. The number of carbonyl (C=O) groups is 1. The molecule has 0 aromatic heterocycles. The summed E-state index contributed by atoms with van der Waals surface area (Å²) in [4.78, 5) is 13.6. The lowest BCUT2D eigenvalue weighted by atomic mass is 9.99. The fourth-order valence-corrected chi connectivity index (χ4v) is 5.82. The van der Waals surface area contributed by atoms with Crippen LogP contribution < -0.4 is 0 Å². The molecule has 35 heavy (non-hydrogen) atoms. The maximum atomic E-state index is 11.1. The summed E-state index contributed by atoms with van der Waals surface area (Å²) in [6.45, 7) is 2.30. The highest BCUT2D eigenvalue weighted by molar-refractivity contribution is 5.68. The first-order valence-corrected chi connectivity index (χ1v) is 15.8. The van der Waals surface area contributed by atoms with Crippen molar-refractivity contribution in [3.05, 3.63) is 0 Å². The van der Waals surface area contributed by atoms with Crippen LogP contribution in [0.4, 0.5) is 0 Å². The zero-order chi connectivity index (χ0) is 25.6. The standard InChI is InChI=1S/C32H63NO2/c1-5-6-7-8-11-15-20-25-31(33(2)3)26-21-16-13-10-9-12-14-18-23-29-28-30(29)24-19-17-22-27-32(34)35-4/h29-31H,5-28H2,1-4H3. The minimum atomic E-state index is -0.0543. The van der Waals surface area contributed by atoms with E-state index >= 15 is 0 Å². The molecule has 0 aliphatic heterocycles. The number of methoxy groups -OCH3 is 1. The highest BCUT2D eigenvalue weighted by Crippen LogP contribution is 2.45. The van der Waals surface area contributed by atoms with Crippen molar-refractivity contribution in [1.29, 1.82) is 0 Å². The molecular weight excluding hydrogens is 430 g/mol. The second-order valence-corrected chi connectivity index (χ2v) is 11.9. The highest BCUT2D eigenvalue weighted by atomic mass is 16.5. The molecule has 3 nitrogen and oxygen atoms in total. The van der Waals surface area contributed by atoms with Crippen LogP contribution >= 0.6 is 0 Å². The van der Waals surface area contributed by atoms with E-state index < -0.39 is 0 Å². The Morgan fingerprint density at radius 1 is 0.686 bits per heavy atom. The minimum absolute atomic E-state index is 0.0543. The van der Waals surface area contributed by atoms with Crippen LogP contribution in [0, 0.1) is 11.8 Å². The number of hydrogen-bond donors (Lipinski definition) is 0. The van der Waals surface area contributed by atoms with E-state index in [4.69, 9.17) is 4.74 Å². The molecule has 0 amide bonds. The fourth-order valence-electron chi connectivity index (χ4n) is 5.82. The van der Waals surface area contributed by atoms with Crippen molar-refractivity contribution >= 4 is 5.97 Å². The molecular formula is C32H63NO2. The zero-order valence-corrected chi connectivity index (χ0v) is 24.5. The second-order valence-electron chi connectivity index (χ2n) is 11.9. The van der Waals surface area contributed by atoms with E-state index in [2.05, 4.69) is 25.9 Å². The number of ether oxygens (including phenoxy) is 1. The zero-order valence-electron chi connectivity index (χ0n) is 24.5. The van der Waals surface area contributed by atoms with Crippen molar-refractivity contribution in [1.82, 2.24) is 4.90 Å². The summed E-state index contributed by atoms with van der Waals surface area (Å²) in [7, 11) is 6.05. The Morgan fingerprint density at radius 3 is 1.57 bits per heavy atom. The fraction of sp³-hybridized carbons (Fsp3) is 0.969. The summed E-state index contributed by atoms with van der Waals surface area (Å²) in [5.41, 5.74) is 0. The average Bonchev–Trinajstić information content (AvgIpc) is 3.60. The van der Waals surface area contributed by atoms with Crippen molar-refractivity contribution in [2.45, 2.75) is 167 Å². The van der Waals surface area contributed by atoms with Crippen LogP contribution in [-0.2, 0) is 9.53 Å². The van der Waals surface area contributed by atoms with E-state index in [0.29, 0.717) is 6.42 Å². The van der Waals surface area contributed by atoms with Crippen molar-refractivity contribution in [3.63, 3.8) is 0 Å². The molecule has 0 bridgehead atoms. The molecule has 1 aliphatic rings. The Balaban J connectivity index is 1.84. The van der Waals surface area contributed by atoms with Gasteiger partial charge in [0, 0.05) is 12.5 Å². The van der Waals surface area contributed by atoms with E-state index in [-0.39, 0.29) is 5.97 Å². The minimum Gasteiger partial charge on any atom is -0.469 e. The molecule has 1 aliphatic carbocycles. The lowest BCUT2D eigenvalue weighted by Crippen LogP contribution is -2.27. The lowest BCUT2D eigenvalue weighted by Gasteiger charge is -2.24. The first-order chi connectivity index (χ1) is 17.1. The molecule has 0 aromatic carbocycles. The average molecular weight is 494 g/mol. The molecule has 1 saturated carbocycles. The topological polar surface area (TPSA) is 29.5 Å². The van der Waals surface area contributed by atoms with Gasteiger partial charge in [-0.15, -0.1) is 0 Å². The van der Waals surface area contributed by atoms with Gasteiger partial charge in [-0.2, -0.15) is 0 Å². The Morgan fingerprint density at radius 2 is 1.11 bits per heavy atom. The van der Waals surface area contributed by atoms with Crippen LogP contribution in [0.3, 0.4) is 0 Å². The summed E-state index contributed by atoms with van der Waals surface area (Å²) in [6.07, 6.45) is 32.7. The summed E-state index contributed by atoms with van der Waals surface area (Å²) < 4.78 is 4.71. The molecule has 3 unspecified atom stereocenters. The van der Waals surface area contributed by atoms with Crippen LogP contribution in [0.5, 0.6) is 0 Å². The molecule has 1 rings (SSSR count). The van der Waals surface area contributed by atoms with Gasteiger partial charge in [0.15, 0.2) is 0 Å². The van der Waals surface area contributed by atoms with E-state index in [1.165, 1.54) is 148 Å². The van der Waals surface area contributed by atoms with E-state index in [1.807, 2.05) is 0 Å². The Labute approximate surface area is 220 Å². The molecule has 0 saturated heterocycles. The number of carbonyl (C=O) groups excluding carboxylic acids is 1. The van der Waals surface area contributed by atoms with Crippen LogP contribution in [0.25, 0.3) is 0 Å². The number of esters is 1. The van der Waals surface area contributed by atoms with Gasteiger partial charge in [-0.05, 0) is 51.6 Å². The quantitative estimate of drug-likeness (QED) is 0.0887. The van der Waals surface area contributed by atoms with Crippen molar-refractivity contribution in [2.24, 2.45) is 11.8 Å². The van der Waals surface area contributed by atoms with Crippen LogP contribution in [-0.4, -0.2) is 38.1 Å². The predicted octanol–water partition coefficient (Wildman–Crippen LogP) is 9.72. The lowest BCUT2D eigenvalue weighted by molar-refractivity contribution is -0.140. The van der Waals surface area contributed by atoms with Gasteiger partial charge in [-0.3, -0.25) is 4.79 Å². The second kappa shape index (κ2) is 22.6. The van der Waals surface area contributed by atoms with Crippen molar-refractivity contribution in [2.75, 3.05) is 21.2 Å². The van der Waals surface area contributed by atoms with Gasteiger partial charge in [0.05, 0.1) is 7.11 Å². The molecule has 0 aromatic rings. The number of rotatable bonds is 26. The van der Waals surface area contributed by atoms with Gasteiger partial charge in [0.1, 0.15) is 0 Å². The largest absolute Gasteiger partial charge is 0.469 e. The van der Waals surface area contributed by atoms with Gasteiger partial charge < -0.3 is 9.64 Å². The Hall–Kier alpha value is -0.570. The van der Waals surface area contributed by atoms with Gasteiger partial charge in [-0.25, -0.2) is 0 Å². The summed E-state index contributed by atoms with van der Waals surface area (Å²) in [5, 5.41) is 0. The van der Waals surface area contributed by atoms with E-state index in [0.717, 1.165) is 24.3 Å². The molecule has 3 heteroatoms. The van der Waals surface area contributed by atoms with Gasteiger partial charge in [-0.1, -0.05) is 129 Å². The first kappa shape index (κ1) is 32.5. The van der Waals surface area contributed by atoms with Crippen LogP contribution in [0.15, 0.2) is 0 Å². The Bertz CT molecular complexity index is 478. The third kappa shape index (κ3) is 19.2. The number of nitrogens with zero attached hydrogens (tertiary/aromatic N) is 1. The smallest absolute Gasteiger partial charge is 0.305 e. The van der Waals surface area contributed by atoms with Gasteiger partial charge in [0.25, 0.3) is 0 Å². The van der Waals surface area contributed by atoms with Crippen molar-refractivity contribution in [3.8, 4) is 0 Å². The third-order valence-corrected chi connectivity index (χ3v) is 8.49. The van der Waals surface area contributed by atoms with Gasteiger partial charge >= 0.3 is 5.97 Å². The molecule has 208 valence electrons. The normalized spacial score (nSPS) is 18.2. The number of hydrogen-bond acceptors (Lipinski definition) is 3. The maximum Gasteiger partial charge on any atom is 0.305 e.